The van der Waals surface area contributed by atoms with Crippen LogP contribution < -0.4 is 10.6 Å². The van der Waals surface area contributed by atoms with E-state index in [1.54, 1.807) is 0 Å². The molecule has 0 atom stereocenters. The predicted octanol–water partition coefficient (Wildman–Crippen LogP) is 4.52. The summed E-state index contributed by atoms with van der Waals surface area (Å²) in [5, 5.41) is 7.00. The highest BCUT2D eigenvalue weighted by molar-refractivity contribution is 5.67. The second-order valence-electron chi connectivity index (χ2n) is 8.34. The van der Waals surface area contributed by atoms with Gasteiger partial charge in [0.1, 0.15) is 5.82 Å². The Morgan fingerprint density at radius 2 is 1.69 bits per heavy atom. The first-order valence-corrected chi connectivity index (χ1v) is 10.7. The molecular weight excluding hydrogens is 362 g/mol. The lowest BCUT2D eigenvalue weighted by Crippen LogP contribution is -2.39. The van der Waals surface area contributed by atoms with E-state index in [1.807, 2.05) is 13.0 Å². The molecule has 6 heteroatoms. The monoisotopic (exact) mass is 397 g/mol. The number of aryl methyl sites for hydroxylation is 1. The van der Waals surface area contributed by atoms with Crippen LogP contribution in [-0.4, -0.2) is 54.3 Å². The Hall–Kier alpha value is -2.18. The van der Waals surface area contributed by atoms with E-state index in [0.29, 0.717) is 17.8 Å². The third-order valence-electron chi connectivity index (χ3n) is 5.30. The Kier molecular flexibility index (Phi) is 7.45. The minimum Gasteiger partial charge on any atom is -0.379 e. The highest BCUT2D eigenvalue weighted by atomic mass is 16.5. The van der Waals surface area contributed by atoms with E-state index in [2.05, 4.69) is 66.4 Å². The fourth-order valence-corrected chi connectivity index (χ4v) is 3.69. The second kappa shape index (κ2) is 10.0. The van der Waals surface area contributed by atoms with Crippen LogP contribution in [-0.2, 0) is 4.74 Å². The van der Waals surface area contributed by atoms with Gasteiger partial charge in [0, 0.05) is 43.6 Å². The van der Waals surface area contributed by atoms with Gasteiger partial charge < -0.3 is 15.4 Å². The Morgan fingerprint density at radius 3 is 2.31 bits per heavy atom. The summed E-state index contributed by atoms with van der Waals surface area (Å²) in [6.45, 7) is 16.4. The van der Waals surface area contributed by atoms with E-state index < -0.39 is 0 Å². The molecule has 2 aromatic rings. The van der Waals surface area contributed by atoms with Gasteiger partial charge in [0.05, 0.1) is 13.2 Å². The third-order valence-corrected chi connectivity index (χ3v) is 5.30. The van der Waals surface area contributed by atoms with Gasteiger partial charge in [-0.05, 0) is 29.9 Å². The van der Waals surface area contributed by atoms with Gasteiger partial charge in [-0.2, -0.15) is 4.98 Å². The molecule has 6 nitrogen and oxygen atoms in total. The molecule has 1 aliphatic heterocycles. The number of benzene rings is 1. The normalized spacial score (nSPS) is 15.1. The summed E-state index contributed by atoms with van der Waals surface area (Å²) in [5.74, 6) is 2.38. The SMILES string of the molecule is Cc1cc(Nc2c(C(C)C)cccc2C(C)C)nc(NCCN2CCOCC2)n1. The third kappa shape index (κ3) is 5.90. The van der Waals surface area contributed by atoms with Crippen LogP contribution in [0.25, 0.3) is 0 Å². The highest BCUT2D eigenvalue weighted by Crippen LogP contribution is 2.34. The average Bonchev–Trinajstić information content (AvgIpc) is 2.68. The van der Waals surface area contributed by atoms with Crippen LogP contribution in [0.4, 0.5) is 17.5 Å². The summed E-state index contributed by atoms with van der Waals surface area (Å²) < 4.78 is 5.41. The zero-order valence-corrected chi connectivity index (χ0v) is 18.5. The number of hydrogen-bond donors (Lipinski definition) is 2. The van der Waals surface area contributed by atoms with E-state index in [1.165, 1.54) is 16.8 Å². The largest absolute Gasteiger partial charge is 0.379 e. The molecule has 1 aliphatic rings. The van der Waals surface area contributed by atoms with Crippen molar-refractivity contribution in [1.82, 2.24) is 14.9 Å². The lowest BCUT2D eigenvalue weighted by atomic mass is 9.92. The summed E-state index contributed by atoms with van der Waals surface area (Å²) in [5.41, 5.74) is 4.75. The van der Waals surface area contributed by atoms with Crippen LogP contribution >= 0.6 is 0 Å². The van der Waals surface area contributed by atoms with Crippen LogP contribution in [0.3, 0.4) is 0 Å². The molecule has 0 saturated carbocycles. The first-order valence-electron chi connectivity index (χ1n) is 10.7. The minimum absolute atomic E-state index is 0.435. The summed E-state index contributed by atoms with van der Waals surface area (Å²) in [4.78, 5) is 11.7. The maximum absolute atomic E-state index is 5.41. The van der Waals surface area contributed by atoms with E-state index >= 15 is 0 Å². The Labute approximate surface area is 175 Å². The molecule has 1 saturated heterocycles. The van der Waals surface area contributed by atoms with Crippen LogP contribution in [0.2, 0.25) is 0 Å². The molecule has 1 fully saturated rings. The molecule has 0 aliphatic carbocycles. The lowest BCUT2D eigenvalue weighted by Gasteiger charge is -2.26. The number of morpholine rings is 1. The average molecular weight is 398 g/mol. The van der Waals surface area contributed by atoms with Crippen molar-refractivity contribution in [3.05, 3.63) is 41.1 Å². The van der Waals surface area contributed by atoms with Gasteiger partial charge >= 0.3 is 0 Å². The minimum atomic E-state index is 0.435. The number of hydrogen-bond acceptors (Lipinski definition) is 6. The van der Waals surface area contributed by atoms with Crippen molar-refractivity contribution in [1.29, 1.82) is 0 Å². The summed E-state index contributed by atoms with van der Waals surface area (Å²) in [6.07, 6.45) is 0. The molecule has 158 valence electrons. The van der Waals surface area contributed by atoms with Crippen molar-refractivity contribution < 1.29 is 4.74 Å². The lowest BCUT2D eigenvalue weighted by molar-refractivity contribution is 0.0398. The Balaban J connectivity index is 1.75. The van der Waals surface area contributed by atoms with Crippen molar-refractivity contribution in [3.63, 3.8) is 0 Å². The van der Waals surface area contributed by atoms with E-state index in [-0.39, 0.29) is 0 Å². The summed E-state index contributed by atoms with van der Waals surface area (Å²) in [6, 6.07) is 8.57. The number of anilines is 3. The number of nitrogens with zero attached hydrogens (tertiary/aromatic N) is 3. The van der Waals surface area contributed by atoms with Crippen LogP contribution in [0.15, 0.2) is 24.3 Å². The molecular formula is C23H35N5O. The first kappa shape index (κ1) is 21.5. The molecule has 0 amide bonds. The fraction of sp³-hybridized carbons (Fsp3) is 0.565. The molecule has 0 bridgehead atoms. The van der Waals surface area contributed by atoms with Crippen molar-refractivity contribution in [2.24, 2.45) is 0 Å². The van der Waals surface area contributed by atoms with E-state index in [0.717, 1.165) is 50.9 Å². The van der Waals surface area contributed by atoms with E-state index in [9.17, 15) is 0 Å². The van der Waals surface area contributed by atoms with Gasteiger partial charge in [0.15, 0.2) is 0 Å². The van der Waals surface area contributed by atoms with Gasteiger partial charge in [0.2, 0.25) is 5.95 Å². The van der Waals surface area contributed by atoms with Gasteiger partial charge in [-0.15, -0.1) is 0 Å². The maximum Gasteiger partial charge on any atom is 0.224 e. The number of rotatable bonds is 8. The van der Waals surface area contributed by atoms with Crippen LogP contribution in [0.5, 0.6) is 0 Å². The number of nitrogens with one attached hydrogen (secondary N) is 2. The fourth-order valence-electron chi connectivity index (χ4n) is 3.69. The van der Waals surface area contributed by atoms with Crippen LogP contribution in [0, 0.1) is 6.92 Å². The van der Waals surface area contributed by atoms with Crippen molar-refractivity contribution in [3.8, 4) is 0 Å². The van der Waals surface area contributed by atoms with Crippen LogP contribution in [0.1, 0.15) is 56.4 Å². The molecule has 0 radical (unpaired) electrons. The predicted molar refractivity (Wildman–Crippen MR) is 120 cm³/mol. The van der Waals surface area contributed by atoms with Gasteiger partial charge in [-0.3, -0.25) is 4.90 Å². The molecule has 1 aromatic heterocycles. The molecule has 1 aromatic carbocycles. The number of aromatic nitrogens is 2. The topological polar surface area (TPSA) is 62.3 Å². The number of para-hydroxylation sites is 1. The Bertz CT molecular complexity index is 774. The van der Waals surface area contributed by atoms with Gasteiger partial charge in [-0.1, -0.05) is 45.9 Å². The summed E-state index contributed by atoms with van der Waals surface area (Å²) >= 11 is 0. The highest BCUT2D eigenvalue weighted by Gasteiger charge is 2.15. The molecule has 2 heterocycles. The standard InChI is InChI=1S/C23H35N5O/c1-16(2)19-7-6-8-20(17(3)4)22(19)26-21-15-18(5)25-23(27-21)24-9-10-28-11-13-29-14-12-28/h6-8,15-17H,9-14H2,1-5H3,(H2,24,25,26,27). The number of ether oxygens (including phenoxy) is 1. The van der Waals surface area contributed by atoms with E-state index in [4.69, 9.17) is 9.72 Å². The Morgan fingerprint density at radius 1 is 1.03 bits per heavy atom. The molecule has 3 rings (SSSR count). The molecule has 0 spiro atoms. The second-order valence-corrected chi connectivity index (χ2v) is 8.34. The van der Waals surface area contributed by atoms with Crippen molar-refractivity contribution in [2.75, 3.05) is 50.0 Å². The zero-order valence-electron chi connectivity index (χ0n) is 18.5. The smallest absolute Gasteiger partial charge is 0.224 e. The molecule has 29 heavy (non-hydrogen) atoms. The van der Waals surface area contributed by atoms with Gasteiger partial charge in [-0.25, -0.2) is 4.98 Å². The quantitative estimate of drug-likeness (QED) is 0.683. The molecule has 2 N–H and O–H groups in total. The zero-order chi connectivity index (χ0) is 20.8. The van der Waals surface area contributed by atoms with Crippen molar-refractivity contribution >= 4 is 17.5 Å². The summed E-state index contributed by atoms with van der Waals surface area (Å²) in [7, 11) is 0. The van der Waals surface area contributed by atoms with Gasteiger partial charge in [0.25, 0.3) is 0 Å². The maximum atomic E-state index is 5.41. The van der Waals surface area contributed by atoms with Crippen molar-refractivity contribution in [2.45, 2.75) is 46.5 Å². The molecule has 0 unspecified atom stereocenters. The first-order chi connectivity index (χ1) is 13.9.